The van der Waals surface area contributed by atoms with E-state index in [2.05, 4.69) is 4.90 Å². The fourth-order valence-corrected chi connectivity index (χ4v) is 5.48. The van der Waals surface area contributed by atoms with E-state index in [-0.39, 0.29) is 29.4 Å². The molecule has 0 aliphatic carbocycles. The van der Waals surface area contributed by atoms with Gasteiger partial charge in [0.1, 0.15) is 11.5 Å². The number of nitrogens with zero attached hydrogens (tertiary/aromatic N) is 2. The summed E-state index contributed by atoms with van der Waals surface area (Å²) in [6.45, 7) is 2.47. The van der Waals surface area contributed by atoms with E-state index in [9.17, 15) is 24.6 Å². The molecule has 5 rings (SSSR count). The van der Waals surface area contributed by atoms with E-state index in [0.717, 1.165) is 18.7 Å². The molecular formula is C26H27N3O6. The molecule has 2 aliphatic heterocycles. The Kier molecular flexibility index (Phi) is 5.94. The summed E-state index contributed by atoms with van der Waals surface area (Å²) in [6, 6.07) is 12.8. The number of phenolic OH excluding ortho intramolecular Hbond substituents is 1. The van der Waals surface area contributed by atoms with Gasteiger partial charge in [-0.25, -0.2) is 0 Å². The summed E-state index contributed by atoms with van der Waals surface area (Å²) in [5, 5.41) is 20.2. The Morgan fingerprint density at radius 2 is 1.86 bits per heavy atom. The van der Waals surface area contributed by atoms with Crippen molar-refractivity contribution in [3.05, 3.63) is 91.9 Å². The minimum absolute atomic E-state index is 0.0221. The number of likely N-dealkylation sites (tertiary alicyclic amines) is 1. The van der Waals surface area contributed by atoms with E-state index in [1.807, 2.05) is 10.6 Å². The number of hydrogen-bond acceptors (Lipinski definition) is 7. The molecule has 4 N–H and O–H groups in total. The Balaban J connectivity index is 1.44. The molecule has 1 aromatic carbocycles. The molecule has 0 saturated carbocycles. The number of carbonyl (C=O) groups is 1. The van der Waals surface area contributed by atoms with Gasteiger partial charge in [-0.15, -0.1) is 0 Å². The van der Waals surface area contributed by atoms with Crippen molar-refractivity contribution >= 4 is 5.91 Å². The third kappa shape index (κ3) is 4.59. The van der Waals surface area contributed by atoms with Crippen LogP contribution >= 0.6 is 0 Å². The largest absolute Gasteiger partial charge is 0.508 e. The van der Waals surface area contributed by atoms with Crippen molar-refractivity contribution in [2.24, 2.45) is 11.7 Å². The number of aromatic hydroxyl groups is 2. The summed E-state index contributed by atoms with van der Waals surface area (Å²) in [4.78, 5) is 38.9. The topological polar surface area (TPSA) is 139 Å². The van der Waals surface area contributed by atoms with Gasteiger partial charge in [0.25, 0.3) is 5.56 Å². The van der Waals surface area contributed by atoms with Gasteiger partial charge in [-0.2, -0.15) is 0 Å². The minimum atomic E-state index is -0.778. The number of rotatable bonds is 6. The van der Waals surface area contributed by atoms with Crippen molar-refractivity contribution in [1.82, 2.24) is 9.47 Å². The van der Waals surface area contributed by atoms with Crippen LogP contribution < -0.4 is 16.7 Å². The molecular weight excluding hydrogens is 450 g/mol. The number of aromatic nitrogens is 1. The molecule has 4 heterocycles. The Morgan fingerprint density at radius 3 is 2.60 bits per heavy atom. The summed E-state index contributed by atoms with van der Waals surface area (Å²) < 4.78 is 7.90. The van der Waals surface area contributed by atoms with Crippen molar-refractivity contribution in [3.63, 3.8) is 0 Å². The predicted octanol–water partition coefficient (Wildman–Crippen LogP) is 1.84. The van der Waals surface area contributed by atoms with E-state index in [0.29, 0.717) is 36.9 Å². The highest BCUT2D eigenvalue weighted by atomic mass is 16.4. The molecule has 0 radical (unpaired) electrons. The normalized spacial score (nSPS) is 20.2. The van der Waals surface area contributed by atoms with Gasteiger partial charge in [0, 0.05) is 49.8 Å². The summed E-state index contributed by atoms with van der Waals surface area (Å²) in [5.41, 5.74) is 6.49. The van der Waals surface area contributed by atoms with Gasteiger partial charge >= 0.3 is 0 Å². The predicted molar refractivity (Wildman–Crippen MR) is 127 cm³/mol. The van der Waals surface area contributed by atoms with Crippen LogP contribution in [0.25, 0.3) is 0 Å². The van der Waals surface area contributed by atoms with Gasteiger partial charge in [0.05, 0.1) is 12.5 Å². The third-order valence-corrected chi connectivity index (χ3v) is 6.95. The third-order valence-electron chi connectivity index (χ3n) is 6.95. The number of nitrogens with two attached hydrogens (primary N) is 1. The number of benzene rings is 1. The number of pyridine rings is 1. The number of piperidine rings is 1. The van der Waals surface area contributed by atoms with E-state index >= 15 is 0 Å². The van der Waals surface area contributed by atoms with Crippen LogP contribution in [0.4, 0.5) is 0 Å². The summed E-state index contributed by atoms with van der Waals surface area (Å²) >= 11 is 0. The molecule has 3 aromatic rings. The molecule has 1 fully saturated rings. The van der Waals surface area contributed by atoms with Gasteiger partial charge in [0.2, 0.25) is 17.1 Å². The van der Waals surface area contributed by atoms with E-state index in [1.54, 1.807) is 24.3 Å². The molecule has 2 bridgehead atoms. The van der Waals surface area contributed by atoms with Crippen LogP contribution in [0.1, 0.15) is 47.5 Å². The van der Waals surface area contributed by atoms with Crippen molar-refractivity contribution in [1.29, 1.82) is 0 Å². The first-order valence-electron chi connectivity index (χ1n) is 11.6. The fourth-order valence-electron chi connectivity index (χ4n) is 5.48. The lowest BCUT2D eigenvalue weighted by atomic mass is 9.83. The molecule has 1 amide bonds. The molecule has 3 atom stereocenters. The van der Waals surface area contributed by atoms with Crippen LogP contribution in [0.15, 0.2) is 62.5 Å². The number of hydrogen-bond donors (Lipinski definition) is 3. The molecule has 2 aromatic heterocycles. The Morgan fingerprint density at radius 1 is 1.09 bits per heavy atom. The smallest absolute Gasteiger partial charge is 0.250 e. The zero-order valence-electron chi connectivity index (χ0n) is 19.1. The SMILES string of the molecule is NC(=O)CC(c1ccc(O)cc1)c1oc(CN2C[C@H]3C[C@@H](C2)c2cccc(=O)n2C3)cc(=O)c1O. The van der Waals surface area contributed by atoms with Gasteiger partial charge < -0.3 is 24.9 Å². The molecule has 9 nitrogen and oxygen atoms in total. The second-order valence-electron chi connectivity index (χ2n) is 9.50. The van der Waals surface area contributed by atoms with Crippen LogP contribution in [0.5, 0.6) is 11.5 Å². The maximum atomic E-state index is 12.7. The standard InChI is InChI=1S/C26H27N3O6/c27-23(32)10-20(16-4-6-18(30)7-5-16)26-25(34)22(31)9-19(35-26)14-28-11-15-8-17(13-28)21-2-1-3-24(33)29(21)12-15/h1-7,9,15,17,20,30,34H,8,10-14H2,(H2,27,32)/t15-,17+,20?/m1/s1. The van der Waals surface area contributed by atoms with E-state index in [4.69, 9.17) is 10.2 Å². The van der Waals surface area contributed by atoms with Gasteiger partial charge in [0.15, 0.2) is 5.76 Å². The first-order chi connectivity index (χ1) is 16.8. The molecule has 182 valence electrons. The number of carbonyl (C=O) groups excluding carboxylic acids is 1. The van der Waals surface area contributed by atoms with Crippen LogP contribution in [0.2, 0.25) is 0 Å². The second-order valence-corrected chi connectivity index (χ2v) is 9.50. The number of amides is 1. The monoisotopic (exact) mass is 477 g/mol. The van der Waals surface area contributed by atoms with Crippen LogP contribution in [-0.2, 0) is 17.9 Å². The first-order valence-corrected chi connectivity index (χ1v) is 11.6. The zero-order chi connectivity index (χ0) is 24.7. The number of primary amides is 1. The van der Waals surface area contributed by atoms with Crippen molar-refractivity contribution in [2.75, 3.05) is 13.1 Å². The first kappa shape index (κ1) is 22.9. The molecule has 35 heavy (non-hydrogen) atoms. The lowest BCUT2D eigenvalue weighted by molar-refractivity contribution is -0.118. The van der Waals surface area contributed by atoms with Crippen molar-refractivity contribution < 1.29 is 19.4 Å². The summed E-state index contributed by atoms with van der Waals surface area (Å²) in [7, 11) is 0. The van der Waals surface area contributed by atoms with Crippen LogP contribution in [0, 0.1) is 5.92 Å². The van der Waals surface area contributed by atoms with Gasteiger partial charge in [-0.05, 0) is 36.1 Å². The fraction of sp³-hybridized carbons (Fsp3) is 0.346. The van der Waals surface area contributed by atoms with Gasteiger partial charge in [-0.1, -0.05) is 18.2 Å². The minimum Gasteiger partial charge on any atom is -0.508 e. The maximum Gasteiger partial charge on any atom is 0.250 e. The highest BCUT2D eigenvalue weighted by molar-refractivity contribution is 5.75. The Bertz CT molecular complexity index is 1380. The Hall–Kier alpha value is -3.85. The van der Waals surface area contributed by atoms with Crippen LogP contribution in [-0.4, -0.2) is 38.7 Å². The average molecular weight is 478 g/mol. The molecule has 0 spiro atoms. The van der Waals surface area contributed by atoms with E-state index in [1.165, 1.54) is 18.2 Å². The summed E-state index contributed by atoms with van der Waals surface area (Å²) in [5.74, 6) is -1.04. The second kappa shape index (κ2) is 9.07. The average Bonchev–Trinajstić information content (AvgIpc) is 2.81. The molecule has 9 heteroatoms. The Labute approximate surface area is 201 Å². The molecule has 2 aliphatic rings. The molecule has 1 unspecified atom stereocenters. The molecule has 1 saturated heterocycles. The zero-order valence-corrected chi connectivity index (χ0v) is 19.1. The van der Waals surface area contributed by atoms with Crippen molar-refractivity contribution in [3.8, 4) is 11.5 Å². The maximum absolute atomic E-state index is 12.7. The highest BCUT2D eigenvalue weighted by Crippen LogP contribution is 2.37. The number of phenols is 1. The lowest BCUT2D eigenvalue weighted by Gasteiger charge is -2.42. The summed E-state index contributed by atoms with van der Waals surface area (Å²) in [6.07, 6.45) is 0.830. The highest BCUT2D eigenvalue weighted by Gasteiger charge is 2.35. The van der Waals surface area contributed by atoms with E-state index < -0.39 is 23.0 Å². The van der Waals surface area contributed by atoms with Crippen LogP contribution in [0.3, 0.4) is 0 Å². The lowest BCUT2D eigenvalue weighted by Crippen LogP contribution is -2.46. The van der Waals surface area contributed by atoms with Crippen molar-refractivity contribution in [2.45, 2.75) is 37.8 Å². The quantitative estimate of drug-likeness (QED) is 0.492. The van der Waals surface area contributed by atoms with Gasteiger partial charge in [-0.3, -0.25) is 19.3 Å². The number of fused-ring (bicyclic) bond motifs is 4.